The summed E-state index contributed by atoms with van der Waals surface area (Å²) in [4.78, 5) is 2.44. The summed E-state index contributed by atoms with van der Waals surface area (Å²) < 4.78 is 2.39. The van der Waals surface area contributed by atoms with Gasteiger partial charge in [-0.3, -0.25) is 0 Å². The van der Waals surface area contributed by atoms with E-state index in [4.69, 9.17) is 0 Å². The van der Waals surface area contributed by atoms with Crippen molar-refractivity contribution in [2.75, 3.05) is 4.90 Å². The van der Waals surface area contributed by atoms with Crippen molar-refractivity contribution in [3.8, 4) is 27.9 Å². The van der Waals surface area contributed by atoms with Crippen molar-refractivity contribution in [2.24, 2.45) is 0 Å². The standard InChI is InChI=1S/C68H46N2/c1-4-20-47(21-5-1)67(61-31-15-10-26-55(61)56-27-11-16-32-62(56)67)49-36-40-52(41-37-49)69(54-44-45-66-60(46-54)59-30-14-19-35-65(59)70(66)51-24-8-3-9-25-51)53-42-38-50(39-43-53)68(48-22-6-2-7-23-48)63-33-17-12-28-57(63)58-29-13-18-34-64(58)68/h1-46H. The third-order valence-electron chi connectivity index (χ3n) is 15.4. The van der Waals surface area contributed by atoms with Gasteiger partial charge >= 0.3 is 0 Å². The number of hydrogen-bond donors (Lipinski definition) is 0. The Bertz CT molecular complexity index is 3650. The summed E-state index contributed by atoms with van der Waals surface area (Å²) >= 11 is 0. The Hall–Kier alpha value is -8.98. The van der Waals surface area contributed by atoms with Crippen molar-refractivity contribution in [3.05, 3.63) is 324 Å². The molecule has 14 rings (SSSR count). The number of benzene rings is 11. The quantitative estimate of drug-likeness (QED) is 0.148. The Morgan fingerprint density at radius 1 is 0.257 bits per heavy atom. The second-order valence-corrected chi connectivity index (χ2v) is 18.7. The summed E-state index contributed by atoms with van der Waals surface area (Å²) in [6.07, 6.45) is 0. The molecule has 1 aromatic heterocycles. The molecule has 0 saturated heterocycles. The van der Waals surface area contributed by atoms with Crippen LogP contribution in [0.25, 0.3) is 49.7 Å². The maximum atomic E-state index is 2.44. The molecule has 0 amide bonds. The first kappa shape index (κ1) is 40.1. The summed E-state index contributed by atoms with van der Waals surface area (Å²) in [5, 5.41) is 2.43. The van der Waals surface area contributed by atoms with Crippen LogP contribution >= 0.6 is 0 Å². The molecule has 0 aliphatic heterocycles. The summed E-state index contributed by atoms with van der Waals surface area (Å²) in [5.41, 5.74) is 21.2. The molecule has 0 saturated carbocycles. The molecular formula is C68H46N2. The van der Waals surface area contributed by atoms with E-state index in [0.717, 1.165) is 22.7 Å². The number of fused-ring (bicyclic) bond motifs is 9. The smallest absolute Gasteiger partial charge is 0.0713 e. The molecule has 0 unspecified atom stereocenters. The Labute approximate surface area is 408 Å². The molecule has 1 heterocycles. The Balaban J connectivity index is 0.977. The van der Waals surface area contributed by atoms with Crippen molar-refractivity contribution in [1.82, 2.24) is 4.57 Å². The van der Waals surface area contributed by atoms with Crippen LogP contribution in [0.3, 0.4) is 0 Å². The zero-order valence-corrected chi connectivity index (χ0v) is 38.5. The zero-order valence-electron chi connectivity index (χ0n) is 38.5. The van der Waals surface area contributed by atoms with Gasteiger partial charge in [0.1, 0.15) is 0 Å². The van der Waals surface area contributed by atoms with Gasteiger partial charge in [-0.25, -0.2) is 0 Å². The lowest BCUT2D eigenvalue weighted by atomic mass is 9.67. The lowest BCUT2D eigenvalue weighted by Crippen LogP contribution is -2.28. The van der Waals surface area contributed by atoms with Gasteiger partial charge in [0.25, 0.3) is 0 Å². The molecule has 11 aromatic carbocycles. The molecular weight excluding hydrogens is 845 g/mol. The molecule has 12 aromatic rings. The minimum atomic E-state index is -0.489. The van der Waals surface area contributed by atoms with E-state index in [2.05, 4.69) is 289 Å². The average molecular weight is 891 g/mol. The summed E-state index contributed by atoms with van der Waals surface area (Å²) in [6.45, 7) is 0. The number of nitrogens with zero attached hydrogens (tertiary/aromatic N) is 2. The zero-order chi connectivity index (χ0) is 46.2. The Morgan fingerprint density at radius 3 is 1.06 bits per heavy atom. The maximum absolute atomic E-state index is 2.44. The van der Waals surface area contributed by atoms with Crippen LogP contribution in [0.5, 0.6) is 0 Å². The number of hydrogen-bond acceptors (Lipinski definition) is 1. The molecule has 0 spiro atoms. The SMILES string of the molecule is c1ccc(-n2c3ccccc3c3cc(N(c4ccc(C5(c6ccccc6)c6ccccc6-c6ccccc65)cc4)c4ccc(C5(c6ccccc6)c6ccccc6-c6ccccc65)cc4)ccc32)cc1. The normalized spacial score (nSPS) is 13.7. The highest BCUT2D eigenvalue weighted by molar-refractivity contribution is 6.10. The van der Waals surface area contributed by atoms with Crippen LogP contribution in [0.15, 0.2) is 279 Å². The van der Waals surface area contributed by atoms with Gasteiger partial charge < -0.3 is 9.47 Å². The van der Waals surface area contributed by atoms with Crippen molar-refractivity contribution in [2.45, 2.75) is 10.8 Å². The molecule has 2 nitrogen and oxygen atoms in total. The lowest BCUT2D eigenvalue weighted by Gasteiger charge is -2.35. The Morgan fingerprint density at radius 2 is 0.600 bits per heavy atom. The fraction of sp³-hybridized carbons (Fsp3) is 0.0294. The summed E-state index contributed by atoms with van der Waals surface area (Å²) in [6, 6.07) is 103. The van der Waals surface area contributed by atoms with Gasteiger partial charge in [-0.05, 0) is 127 Å². The monoisotopic (exact) mass is 890 g/mol. The number of rotatable bonds is 8. The number of anilines is 3. The molecule has 2 aliphatic rings. The van der Waals surface area contributed by atoms with E-state index < -0.39 is 10.8 Å². The van der Waals surface area contributed by atoms with Crippen molar-refractivity contribution < 1.29 is 0 Å². The van der Waals surface area contributed by atoms with E-state index in [1.165, 1.54) is 88.6 Å². The lowest BCUT2D eigenvalue weighted by molar-refractivity contribution is 0.768. The largest absolute Gasteiger partial charge is 0.310 e. The highest BCUT2D eigenvalue weighted by Gasteiger charge is 2.47. The minimum Gasteiger partial charge on any atom is -0.310 e. The van der Waals surface area contributed by atoms with Crippen molar-refractivity contribution in [3.63, 3.8) is 0 Å². The fourth-order valence-electron chi connectivity index (χ4n) is 12.5. The van der Waals surface area contributed by atoms with Gasteiger partial charge in [-0.15, -0.1) is 0 Å². The first-order chi connectivity index (χ1) is 34.7. The third-order valence-corrected chi connectivity index (χ3v) is 15.4. The first-order valence-corrected chi connectivity index (χ1v) is 24.3. The second kappa shape index (κ2) is 15.8. The molecule has 0 bridgehead atoms. The highest BCUT2D eigenvalue weighted by Crippen LogP contribution is 2.58. The number of aromatic nitrogens is 1. The van der Waals surface area contributed by atoms with Crippen molar-refractivity contribution in [1.29, 1.82) is 0 Å². The van der Waals surface area contributed by atoms with Crippen LogP contribution in [0.4, 0.5) is 17.1 Å². The van der Waals surface area contributed by atoms with Crippen LogP contribution in [0.1, 0.15) is 44.5 Å². The molecule has 2 aliphatic carbocycles. The van der Waals surface area contributed by atoms with E-state index in [-0.39, 0.29) is 0 Å². The maximum Gasteiger partial charge on any atom is 0.0713 e. The second-order valence-electron chi connectivity index (χ2n) is 18.7. The number of para-hydroxylation sites is 2. The third kappa shape index (κ3) is 5.68. The van der Waals surface area contributed by atoms with E-state index in [1.54, 1.807) is 0 Å². The van der Waals surface area contributed by atoms with Gasteiger partial charge in [0.2, 0.25) is 0 Å². The average Bonchev–Trinajstić information content (AvgIpc) is 4.05. The minimum absolute atomic E-state index is 0.489. The molecule has 2 heteroatoms. The molecule has 0 radical (unpaired) electrons. The molecule has 0 fully saturated rings. The van der Waals surface area contributed by atoms with Gasteiger partial charge in [0.15, 0.2) is 0 Å². The van der Waals surface area contributed by atoms with Gasteiger partial charge in [-0.1, -0.05) is 218 Å². The Kier molecular flexibility index (Phi) is 9.06. The predicted molar refractivity (Wildman–Crippen MR) is 290 cm³/mol. The van der Waals surface area contributed by atoms with Gasteiger partial charge in [0.05, 0.1) is 21.9 Å². The van der Waals surface area contributed by atoms with E-state index in [9.17, 15) is 0 Å². The van der Waals surface area contributed by atoms with Gasteiger partial charge in [-0.2, -0.15) is 0 Å². The summed E-state index contributed by atoms with van der Waals surface area (Å²) in [5.74, 6) is 0. The van der Waals surface area contributed by atoms with Crippen LogP contribution in [-0.4, -0.2) is 4.57 Å². The topological polar surface area (TPSA) is 8.17 Å². The predicted octanol–water partition coefficient (Wildman–Crippen LogP) is 17.0. The molecule has 70 heavy (non-hydrogen) atoms. The van der Waals surface area contributed by atoms with Crippen LogP contribution in [0, 0.1) is 0 Å². The van der Waals surface area contributed by atoms with Gasteiger partial charge in [0, 0.05) is 33.5 Å². The van der Waals surface area contributed by atoms with E-state index in [0.29, 0.717) is 0 Å². The summed E-state index contributed by atoms with van der Waals surface area (Å²) in [7, 11) is 0. The molecule has 328 valence electrons. The van der Waals surface area contributed by atoms with Crippen LogP contribution in [0.2, 0.25) is 0 Å². The molecule has 0 atom stereocenters. The first-order valence-electron chi connectivity index (χ1n) is 24.3. The fourth-order valence-corrected chi connectivity index (χ4v) is 12.5. The van der Waals surface area contributed by atoms with Crippen LogP contribution < -0.4 is 4.90 Å². The molecule has 0 N–H and O–H groups in total. The van der Waals surface area contributed by atoms with Crippen molar-refractivity contribution >= 4 is 38.9 Å². The van der Waals surface area contributed by atoms with Crippen LogP contribution in [-0.2, 0) is 10.8 Å². The van der Waals surface area contributed by atoms with E-state index in [1.807, 2.05) is 0 Å². The highest BCUT2D eigenvalue weighted by atomic mass is 15.1. The van der Waals surface area contributed by atoms with E-state index >= 15 is 0 Å².